The van der Waals surface area contributed by atoms with Crippen LogP contribution in [-0.4, -0.2) is 33.8 Å². The molecule has 4 heterocycles. The number of benzene rings is 1. The van der Waals surface area contributed by atoms with E-state index in [-0.39, 0.29) is 27.8 Å². The Hall–Kier alpha value is -3.59. The van der Waals surface area contributed by atoms with Crippen LogP contribution in [0.5, 0.6) is 0 Å². The third-order valence-electron chi connectivity index (χ3n) is 5.77. The number of nitrogens with one attached hydrogen (secondary N) is 2. The summed E-state index contributed by atoms with van der Waals surface area (Å²) in [6.45, 7) is 0.663. The van der Waals surface area contributed by atoms with E-state index < -0.39 is 29.1 Å². The number of carbonyl (C=O) groups is 1. The summed E-state index contributed by atoms with van der Waals surface area (Å²) in [5.41, 5.74) is 1.09. The number of likely N-dealkylation sites (N-methyl/N-ethyl adjacent to an activating group) is 1. The van der Waals surface area contributed by atoms with Crippen molar-refractivity contribution in [2.75, 3.05) is 13.6 Å². The molecule has 2 N–H and O–H groups in total. The molecule has 0 saturated heterocycles. The van der Waals surface area contributed by atoms with Crippen LogP contribution >= 0.6 is 0 Å². The summed E-state index contributed by atoms with van der Waals surface area (Å²) < 4.78 is 43.4. The Labute approximate surface area is 173 Å². The molecule has 1 amide bonds. The number of pyridine rings is 2. The zero-order valence-corrected chi connectivity index (χ0v) is 16.4. The van der Waals surface area contributed by atoms with Crippen molar-refractivity contribution >= 4 is 22.2 Å². The largest absolute Gasteiger partial charge is 0.333 e. The molecular formula is C22H17F3N4O2. The number of hydrogen-bond acceptors (Lipinski definition) is 3. The van der Waals surface area contributed by atoms with Crippen molar-refractivity contribution in [3.63, 3.8) is 0 Å². The summed E-state index contributed by atoms with van der Waals surface area (Å²) in [5, 5.41) is 3.41. The second-order valence-corrected chi connectivity index (χ2v) is 7.60. The maximum atomic E-state index is 14.0. The van der Waals surface area contributed by atoms with Gasteiger partial charge in [-0.2, -0.15) is 0 Å². The number of aromatic amines is 1. The number of fused-ring (bicyclic) bond motifs is 4. The van der Waals surface area contributed by atoms with Crippen molar-refractivity contribution in [2.45, 2.75) is 12.6 Å². The van der Waals surface area contributed by atoms with Gasteiger partial charge >= 0.3 is 0 Å². The predicted octanol–water partition coefficient (Wildman–Crippen LogP) is 3.11. The van der Waals surface area contributed by atoms with Gasteiger partial charge in [0.1, 0.15) is 5.82 Å². The van der Waals surface area contributed by atoms with Crippen molar-refractivity contribution in [3.8, 4) is 0 Å². The van der Waals surface area contributed by atoms with Gasteiger partial charge in [-0.3, -0.25) is 9.59 Å². The Balaban J connectivity index is 1.62. The van der Waals surface area contributed by atoms with Crippen LogP contribution in [0.15, 0.2) is 47.5 Å². The lowest BCUT2D eigenvalue weighted by atomic mass is 9.93. The van der Waals surface area contributed by atoms with E-state index in [0.29, 0.717) is 24.3 Å². The first kappa shape index (κ1) is 19.4. The molecule has 1 aliphatic heterocycles. The summed E-state index contributed by atoms with van der Waals surface area (Å²) in [6, 6.07) is 5.62. The minimum absolute atomic E-state index is 0.0158. The van der Waals surface area contributed by atoms with Gasteiger partial charge in [0.25, 0.3) is 11.5 Å². The third-order valence-corrected chi connectivity index (χ3v) is 5.77. The molecule has 1 aromatic carbocycles. The van der Waals surface area contributed by atoms with Crippen molar-refractivity contribution < 1.29 is 18.0 Å². The number of H-pyrrole nitrogens is 1. The van der Waals surface area contributed by atoms with E-state index in [1.54, 1.807) is 13.2 Å². The Morgan fingerprint density at radius 2 is 1.87 bits per heavy atom. The highest BCUT2D eigenvalue weighted by Gasteiger charge is 2.31. The number of nitrogens with zero attached hydrogens (tertiary/aromatic N) is 2. The highest BCUT2D eigenvalue weighted by Crippen LogP contribution is 2.32. The topological polar surface area (TPSA) is 69.6 Å². The molecule has 5 rings (SSSR count). The van der Waals surface area contributed by atoms with Crippen LogP contribution in [0.25, 0.3) is 16.3 Å². The van der Waals surface area contributed by atoms with Crippen molar-refractivity contribution in [1.29, 1.82) is 0 Å². The molecule has 9 heteroatoms. The zero-order valence-electron chi connectivity index (χ0n) is 16.4. The SMILES string of the molecule is CN(C(=O)c1cc2c(F)cccn2c1)[C@@H]1CNCc2[nH]c(=O)c3cc(F)c(F)cc3c21. The van der Waals surface area contributed by atoms with Crippen LogP contribution in [0.3, 0.4) is 0 Å². The Kier molecular flexibility index (Phi) is 4.37. The van der Waals surface area contributed by atoms with Crippen LogP contribution in [0, 0.1) is 17.5 Å². The van der Waals surface area contributed by atoms with Crippen molar-refractivity contribution in [3.05, 3.63) is 87.4 Å². The molecular weight excluding hydrogens is 409 g/mol. The second-order valence-electron chi connectivity index (χ2n) is 7.60. The molecule has 4 aromatic rings. The molecule has 1 atom stereocenters. The molecule has 6 nitrogen and oxygen atoms in total. The first-order valence-electron chi connectivity index (χ1n) is 9.63. The average molecular weight is 426 g/mol. The van der Waals surface area contributed by atoms with E-state index in [9.17, 15) is 22.8 Å². The van der Waals surface area contributed by atoms with Crippen molar-refractivity contribution in [2.24, 2.45) is 0 Å². The normalized spacial score (nSPS) is 15.9. The zero-order chi connectivity index (χ0) is 21.9. The lowest BCUT2D eigenvalue weighted by Crippen LogP contribution is -2.42. The lowest BCUT2D eigenvalue weighted by Gasteiger charge is -2.34. The highest BCUT2D eigenvalue weighted by molar-refractivity contribution is 5.96. The van der Waals surface area contributed by atoms with E-state index in [1.165, 1.54) is 33.7 Å². The maximum Gasteiger partial charge on any atom is 0.256 e. The molecule has 0 fully saturated rings. The van der Waals surface area contributed by atoms with Gasteiger partial charge in [-0.15, -0.1) is 0 Å². The van der Waals surface area contributed by atoms with Gasteiger partial charge in [0.2, 0.25) is 0 Å². The molecule has 1 aliphatic rings. The second kappa shape index (κ2) is 6.98. The van der Waals surface area contributed by atoms with Gasteiger partial charge in [0.05, 0.1) is 22.5 Å². The molecule has 3 aromatic heterocycles. The quantitative estimate of drug-likeness (QED) is 0.518. The molecule has 0 bridgehead atoms. The molecule has 0 saturated carbocycles. The van der Waals surface area contributed by atoms with E-state index in [1.807, 2.05) is 0 Å². The van der Waals surface area contributed by atoms with Gasteiger partial charge in [-0.25, -0.2) is 13.2 Å². The standard InChI is InChI=1S/C22H17F3N4O2/c1-28(22(31)11-5-18-14(23)3-2-4-29(18)10-11)19-9-26-8-17-20(19)12-6-15(24)16(25)7-13(12)21(30)27-17/h2-7,10,19,26H,8-9H2,1H3,(H,27,30)/t19-/m1/s1. The first-order chi connectivity index (χ1) is 14.8. The Bertz CT molecular complexity index is 1430. The van der Waals surface area contributed by atoms with Crippen LogP contribution in [0.2, 0.25) is 0 Å². The number of hydrogen-bond donors (Lipinski definition) is 2. The van der Waals surface area contributed by atoms with Gasteiger partial charge in [0, 0.05) is 43.8 Å². The van der Waals surface area contributed by atoms with Gasteiger partial charge < -0.3 is 19.6 Å². The minimum Gasteiger partial charge on any atom is -0.333 e. The average Bonchev–Trinajstić information content (AvgIpc) is 3.19. The molecule has 0 radical (unpaired) electrons. The number of amides is 1. The first-order valence-corrected chi connectivity index (χ1v) is 9.63. The minimum atomic E-state index is -1.12. The van der Waals surface area contributed by atoms with E-state index >= 15 is 0 Å². The summed E-state index contributed by atoms with van der Waals surface area (Å²) in [6.07, 6.45) is 3.18. The summed E-state index contributed by atoms with van der Waals surface area (Å²) in [5.74, 6) is -3.00. The van der Waals surface area contributed by atoms with E-state index in [0.717, 1.165) is 12.1 Å². The fourth-order valence-corrected chi connectivity index (χ4v) is 4.24. The lowest BCUT2D eigenvalue weighted by molar-refractivity contribution is 0.0723. The van der Waals surface area contributed by atoms with Gasteiger partial charge in [-0.05, 0) is 35.7 Å². The highest BCUT2D eigenvalue weighted by atomic mass is 19.2. The fourth-order valence-electron chi connectivity index (χ4n) is 4.24. The fraction of sp³-hybridized carbons (Fsp3) is 0.182. The predicted molar refractivity (Wildman–Crippen MR) is 108 cm³/mol. The Morgan fingerprint density at radius 3 is 2.61 bits per heavy atom. The van der Waals surface area contributed by atoms with E-state index in [4.69, 9.17) is 0 Å². The molecule has 158 valence electrons. The van der Waals surface area contributed by atoms with Gasteiger partial charge in [-0.1, -0.05) is 0 Å². The van der Waals surface area contributed by atoms with Crippen molar-refractivity contribution in [1.82, 2.24) is 19.6 Å². The number of carbonyl (C=O) groups excluding carboxylic acids is 1. The summed E-state index contributed by atoms with van der Waals surface area (Å²) in [7, 11) is 1.58. The smallest absolute Gasteiger partial charge is 0.256 e. The molecule has 31 heavy (non-hydrogen) atoms. The number of rotatable bonds is 2. The third kappa shape index (κ3) is 3.00. The Morgan fingerprint density at radius 1 is 1.13 bits per heavy atom. The molecule has 0 unspecified atom stereocenters. The van der Waals surface area contributed by atoms with Crippen LogP contribution in [0.4, 0.5) is 13.2 Å². The number of halogens is 3. The summed E-state index contributed by atoms with van der Waals surface area (Å²) in [4.78, 5) is 29.8. The summed E-state index contributed by atoms with van der Waals surface area (Å²) >= 11 is 0. The molecule has 0 spiro atoms. The number of aromatic nitrogens is 2. The van der Waals surface area contributed by atoms with Crippen LogP contribution < -0.4 is 10.9 Å². The maximum absolute atomic E-state index is 14.0. The van der Waals surface area contributed by atoms with E-state index in [2.05, 4.69) is 10.3 Å². The van der Waals surface area contributed by atoms with Crippen LogP contribution in [0.1, 0.15) is 27.7 Å². The van der Waals surface area contributed by atoms with Gasteiger partial charge in [0.15, 0.2) is 11.6 Å². The van der Waals surface area contributed by atoms with Crippen LogP contribution in [-0.2, 0) is 6.54 Å². The monoisotopic (exact) mass is 426 g/mol. The molecule has 0 aliphatic carbocycles.